The van der Waals surface area contributed by atoms with E-state index in [-0.39, 0.29) is 5.78 Å². The van der Waals surface area contributed by atoms with E-state index in [0.29, 0.717) is 5.57 Å². The minimum absolute atomic E-state index is 0.233. The lowest BCUT2D eigenvalue weighted by atomic mass is 10.1. The van der Waals surface area contributed by atoms with Crippen molar-refractivity contribution in [3.63, 3.8) is 0 Å². The van der Waals surface area contributed by atoms with Crippen LogP contribution in [-0.2, 0) is 4.79 Å². The monoisotopic (exact) mass is 187 g/mol. The number of carbonyl (C=O) groups excluding carboxylic acids is 1. The predicted molar refractivity (Wildman–Crippen MR) is 54.1 cm³/mol. The van der Waals surface area contributed by atoms with Crippen LogP contribution in [0.2, 0.25) is 0 Å². The zero-order valence-electron chi connectivity index (χ0n) is 7.90. The van der Waals surface area contributed by atoms with E-state index in [1.165, 1.54) is 0 Å². The van der Waals surface area contributed by atoms with Crippen molar-refractivity contribution in [2.24, 2.45) is 0 Å². The minimum atomic E-state index is -0.233. The quantitative estimate of drug-likeness (QED) is 0.334. The van der Waals surface area contributed by atoms with E-state index in [4.69, 9.17) is 5.53 Å². The Morgan fingerprint density at radius 1 is 1.36 bits per heavy atom. The zero-order chi connectivity index (χ0) is 10.4. The fourth-order valence-electron chi connectivity index (χ4n) is 1.03. The van der Waals surface area contributed by atoms with Crippen molar-refractivity contribution in [2.45, 2.75) is 6.92 Å². The first-order valence-electron chi connectivity index (χ1n) is 4.21. The third-order valence-electron chi connectivity index (χ3n) is 1.75. The van der Waals surface area contributed by atoms with Crippen molar-refractivity contribution >= 4 is 18.1 Å². The van der Waals surface area contributed by atoms with E-state index in [9.17, 15) is 4.79 Å². The summed E-state index contributed by atoms with van der Waals surface area (Å²) in [6.45, 7) is 1.71. The van der Waals surface area contributed by atoms with Gasteiger partial charge in [0.15, 0.2) is 0 Å². The molecule has 1 N–H and O–H groups in total. The molecule has 0 saturated heterocycles. The maximum atomic E-state index is 11.2. The number of hydrogen-bond acceptors (Lipinski definition) is 2. The second kappa shape index (κ2) is 4.90. The predicted octanol–water partition coefficient (Wildman–Crippen LogP) is 1.97. The van der Waals surface area contributed by atoms with Crippen molar-refractivity contribution in [3.05, 3.63) is 41.5 Å². The topological polar surface area (TPSA) is 55.0 Å². The van der Waals surface area contributed by atoms with Crippen LogP contribution in [0.5, 0.6) is 0 Å². The first kappa shape index (κ1) is 10.1. The van der Waals surface area contributed by atoms with Crippen molar-refractivity contribution in [1.82, 2.24) is 0 Å². The summed E-state index contributed by atoms with van der Waals surface area (Å²) in [5.74, 6) is -0.233. The lowest BCUT2D eigenvalue weighted by Gasteiger charge is -1.93. The van der Waals surface area contributed by atoms with Crippen LogP contribution in [0.25, 0.3) is 6.08 Å². The molecule has 1 rings (SSSR count). The van der Waals surface area contributed by atoms with Gasteiger partial charge in [-0.3, -0.25) is 4.79 Å². The van der Waals surface area contributed by atoms with Crippen LogP contribution in [0.1, 0.15) is 12.5 Å². The number of Topliss-reactive ketones (excluding diaryl/α,β-unsaturated/α-hetero) is 1. The lowest BCUT2D eigenvalue weighted by Crippen LogP contribution is -2.00. The molecule has 3 heteroatoms. The van der Waals surface area contributed by atoms with Crippen LogP contribution in [0.15, 0.2) is 35.9 Å². The van der Waals surface area contributed by atoms with Crippen molar-refractivity contribution in [1.29, 1.82) is 5.53 Å². The molecule has 0 spiro atoms. The maximum absolute atomic E-state index is 11.2. The van der Waals surface area contributed by atoms with Crippen LogP contribution in [-0.4, -0.2) is 16.8 Å². The molecule has 0 aromatic heterocycles. The Hall–Kier alpha value is -1.99. The zero-order valence-corrected chi connectivity index (χ0v) is 7.90. The molecule has 0 unspecified atom stereocenters. The average molecular weight is 187 g/mol. The molecule has 0 fully saturated rings. The third kappa shape index (κ3) is 2.81. The SMILES string of the molecule is C/C(=C\c1ccccc1)C(=O)C=[N+]=N. The molecular formula is C11H11N2O+. The van der Waals surface area contributed by atoms with E-state index in [2.05, 4.69) is 4.79 Å². The molecule has 1 aromatic carbocycles. The van der Waals surface area contributed by atoms with Crippen LogP contribution in [0.3, 0.4) is 0 Å². The number of nitrogens with one attached hydrogen (secondary N) is 1. The molecule has 14 heavy (non-hydrogen) atoms. The molecule has 0 amide bonds. The summed E-state index contributed by atoms with van der Waals surface area (Å²) in [5, 5.41) is 0. The van der Waals surface area contributed by atoms with E-state index in [1.54, 1.807) is 13.0 Å². The Kier molecular flexibility index (Phi) is 3.53. The molecule has 1 aromatic rings. The number of nitrogens with zero attached hydrogens (tertiary/aromatic N) is 1. The lowest BCUT2D eigenvalue weighted by molar-refractivity contribution is -0.129. The van der Waals surface area contributed by atoms with Gasteiger partial charge in [-0.1, -0.05) is 30.3 Å². The molecule has 0 heterocycles. The summed E-state index contributed by atoms with van der Waals surface area (Å²) in [7, 11) is 0. The highest BCUT2D eigenvalue weighted by atomic mass is 16.1. The van der Waals surface area contributed by atoms with Gasteiger partial charge in [0, 0.05) is 5.57 Å². The van der Waals surface area contributed by atoms with Gasteiger partial charge in [0.2, 0.25) is 0 Å². The van der Waals surface area contributed by atoms with Crippen LogP contribution < -0.4 is 0 Å². The van der Waals surface area contributed by atoms with Crippen LogP contribution in [0.4, 0.5) is 0 Å². The van der Waals surface area contributed by atoms with E-state index in [1.807, 2.05) is 30.3 Å². The summed E-state index contributed by atoms with van der Waals surface area (Å²) in [6, 6.07) is 9.55. The molecule has 0 aliphatic carbocycles. The van der Waals surface area contributed by atoms with Gasteiger partial charge in [0.25, 0.3) is 5.78 Å². The summed E-state index contributed by atoms with van der Waals surface area (Å²) >= 11 is 0. The van der Waals surface area contributed by atoms with E-state index >= 15 is 0 Å². The highest BCUT2D eigenvalue weighted by molar-refractivity contribution is 6.34. The first-order chi connectivity index (χ1) is 6.74. The standard InChI is InChI=1S/C11H11N2O/c1-9(11(14)8-13-12)7-10-5-3-2-4-6-10/h2-8,12H,1H3/q+1/b9-7+. The Morgan fingerprint density at radius 3 is 2.57 bits per heavy atom. The largest absolute Gasteiger partial charge is 0.377 e. The van der Waals surface area contributed by atoms with Gasteiger partial charge in [-0.15, -0.1) is 0 Å². The highest BCUT2D eigenvalue weighted by Crippen LogP contribution is 2.05. The Bertz CT molecular complexity index is 401. The molecule has 0 atom stereocenters. The number of benzene rings is 1. The second-order valence-electron chi connectivity index (χ2n) is 2.86. The van der Waals surface area contributed by atoms with Crippen molar-refractivity contribution in [2.75, 3.05) is 0 Å². The fraction of sp³-hybridized carbons (Fsp3) is 0.0909. The smallest absolute Gasteiger partial charge is 0.281 e. The number of hydrogen-bond donors (Lipinski definition) is 1. The fourth-order valence-corrected chi connectivity index (χ4v) is 1.03. The van der Waals surface area contributed by atoms with E-state index < -0.39 is 0 Å². The van der Waals surface area contributed by atoms with Gasteiger partial charge < -0.3 is 0 Å². The maximum Gasteiger partial charge on any atom is 0.377 e. The molecule has 70 valence electrons. The summed E-state index contributed by atoms with van der Waals surface area (Å²) in [5.41, 5.74) is 8.07. The second-order valence-corrected chi connectivity index (χ2v) is 2.86. The number of rotatable bonds is 3. The minimum Gasteiger partial charge on any atom is -0.281 e. The van der Waals surface area contributed by atoms with Gasteiger partial charge in [-0.2, -0.15) is 0 Å². The average Bonchev–Trinajstić information content (AvgIpc) is 2.19. The van der Waals surface area contributed by atoms with Crippen LogP contribution >= 0.6 is 0 Å². The van der Waals surface area contributed by atoms with Crippen LogP contribution in [0, 0.1) is 5.53 Å². The van der Waals surface area contributed by atoms with Gasteiger partial charge >= 0.3 is 6.21 Å². The van der Waals surface area contributed by atoms with Crippen molar-refractivity contribution in [3.8, 4) is 0 Å². The van der Waals surface area contributed by atoms with Gasteiger partial charge in [-0.05, 0) is 18.6 Å². The van der Waals surface area contributed by atoms with Gasteiger partial charge in [0.1, 0.15) is 0 Å². The molecule has 0 radical (unpaired) electrons. The molecule has 0 aliphatic heterocycles. The number of allylic oxidation sites excluding steroid dienone is 1. The van der Waals surface area contributed by atoms with Gasteiger partial charge in [-0.25, -0.2) is 0 Å². The molecular weight excluding hydrogens is 176 g/mol. The molecule has 0 bridgehead atoms. The molecule has 0 aliphatic rings. The van der Waals surface area contributed by atoms with E-state index in [0.717, 1.165) is 11.8 Å². The van der Waals surface area contributed by atoms with Gasteiger partial charge in [0.05, 0.1) is 10.3 Å². The Morgan fingerprint density at radius 2 is 2.00 bits per heavy atom. The number of ketones is 1. The third-order valence-corrected chi connectivity index (χ3v) is 1.75. The molecule has 3 nitrogen and oxygen atoms in total. The normalized spacial score (nSPS) is 10.5. The highest BCUT2D eigenvalue weighted by Gasteiger charge is 2.05. The molecule has 0 saturated carbocycles. The van der Waals surface area contributed by atoms with Crippen molar-refractivity contribution < 1.29 is 9.58 Å². The first-order valence-corrected chi connectivity index (χ1v) is 4.21. The Balaban J connectivity index is 2.89. The summed E-state index contributed by atoms with van der Waals surface area (Å²) in [6.07, 6.45) is 2.76. The summed E-state index contributed by atoms with van der Waals surface area (Å²) in [4.78, 5) is 14.1. The Labute approximate surface area is 82.3 Å². The summed E-state index contributed by atoms with van der Waals surface area (Å²) < 4.78 is 0. The number of carbonyl (C=O) groups is 1.